The molecule has 1 aliphatic heterocycles. The minimum absolute atomic E-state index is 0.0188. The van der Waals surface area contributed by atoms with Gasteiger partial charge in [-0.1, -0.05) is 47.5 Å². The number of piperazine rings is 1. The average Bonchev–Trinajstić information content (AvgIpc) is 2.89. The first-order valence-electron chi connectivity index (χ1n) is 13.5. The van der Waals surface area contributed by atoms with Crippen molar-refractivity contribution >= 4 is 31.6 Å². The Morgan fingerprint density at radius 2 is 1.37 bits per heavy atom. The summed E-state index contributed by atoms with van der Waals surface area (Å²) >= 11 is 0. The predicted octanol–water partition coefficient (Wildman–Crippen LogP) is 3.69. The van der Waals surface area contributed by atoms with E-state index in [1.54, 1.807) is 13.8 Å². The van der Waals surface area contributed by atoms with Gasteiger partial charge in [-0.25, -0.2) is 16.8 Å². The maximum absolute atomic E-state index is 13.9. The van der Waals surface area contributed by atoms with E-state index in [0.717, 1.165) is 16.7 Å². The van der Waals surface area contributed by atoms with E-state index in [1.165, 1.54) is 32.9 Å². The highest BCUT2D eigenvalue weighted by molar-refractivity contribution is 7.89. The highest BCUT2D eigenvalue weighted by atomic mass is 32.2. The smallest absolute Gasteiger partial charge is 0.244 e. The van der Waals surface area contributed by atoms with Crippen molar-refractivity contribution in [3.63, 3.8) is 0 Å². The number of hydrogen-bond donors (Lipinski definition) is 1. The van der Waals surface area contributed by atoms with Gasteiger partial charge in [0.2, 0.25) is 26.0 Å². The van der Waals surface area contributed by atoms with Gasteiger partial charge in [-0.3, -0.25) is 4.79 Å². The number of sulfonamides is 2. The van der Waals surface area contributed by atoms with Gasteiger partial charge in [-0.15, -0.1) is 0 Å². The van der Waals surface area contributed by atoms with Crippen LogP contribution in [0.5, 0.6) is 0 Å². The van der Waals surface area contributed by atoms with Crippen molar-refractivity contribution in [2.45, 2.75) is 44.0 Å². The van der Waals surface area contributed by atoms with E-state index in [-0.39, 0.29) is 16.3 Å². The number of hydrogen-bond acceptors (Lipinski definition) is 6. The van der Waals surface area contributed by atoms with Crippen LogP contribution in [-0.2, 0) is 31.4 Å². The van der Waals surface area contributed by atoms with Crippen molar-refractivity contribution in [1.82, 2.24) is 13.5 Å². The largest absolute Gasteiger partial charge is 0.325 e. The van der Waals surface area contributed by atoms with Gasteiger partial charge in [0.15, 0.2) is 0 Å². The fraction of sp³-hybridized carbons (Fsp3) is 0.367. The Bertz CT molecular complexity index is 1590. The van der Waals surface area contributed by atoms with E-state index in [9.17, 15) is 21.6 Å². The standard InChI is InChI=1S/C30H38N4O5S2/c1-22-6-8-26(9-7-22)20-34(41(38,39)30-24(3)18-23(2)19-25(30)4)21-29(35)31-27-10-12-28(13-11-27)40(36,37)33-16-14-32(5)15-17-33/h6-13,18-19H,14-17,20-21H2,1-5H3,(H,31,35). The zero-order chi connectivity index (χ0) is 29.9. The normalized spacial score (nSPS) is 15.3. The zero-order valence-electron chi connectivity index (χ0n) is 24.2. The maximum Gasteiger partial charge on any atom is 0.244 e. The SMILES string of the molecule is Cc1ccc(CN(CC(=O)Nc2ccc(S(=O)(=O)N3CCN(C)CC3)cc2)S(=O)(=O)c2c(C)cc(C)cc2C)cc1. The summed E-state index contributed by atoms with van der Waals surface area (Å²) in [6, 6.07) is 17.1. The fourth-order valence-electron chi connectivity index (χ4n) is 5.07. The molecule has 41 heavy (non-hydrogen) atoms. The maximum atomic E-state index is 13.9. The van der Waals surface area contributed by atoms with Crippen LogP contribution in [0.15, 0.2) is 70.5 Å². The highest BCUT2D eigenvalue weighted by Crippen LogP contribution is 2.27. The third-order valence-corrected chi connectivity index (χ3v) is 11.3. The second-order valence-corrected chi connectivity index (χ2v) is 14.6. The molecular weight excluding hydrogens is 560 g/mol. The van der Waals surface area contributed by atoms with E-state index in [2.05, 4.69) is 10.2 Å². The molecule has 4 rings (SSSR count). The summed E-state index contributed by atoms with van der Waals surface area (Å²) < 4.78 is 56.6. The lowest BCUT2D eigenvalue weighted by atomic mass is 10.1. The van der Waals surface area contributed by atoms with Gasteiger partial charge in [0.25, 0.3) is 0 Å². The lowest BCUT2D eigenvalue weighted by Gasteiger charge is -2.31. The van der Waals surface area contributed by atoms with Crippen molar-refractivity contribution in [2.75, 3.05) is 45.1 Å². The van der Waals surface area contributed by atoms with E-state index in [4.69, 9.17) is 0 Å². The van der Waals surface area contributed by atoms with Crippen LogP contribution in [0.3, 0.4) is 0 Å². The molecule has 0 bridgehead atoms. The molecule has 0 aromatic heterocycles. The van der Waals surface area contributed by atoms with Crippen LogP contribution < -0.4 is 5.32 Å². The molecule has 0 radical (unpaired) electrons. The third kappa shape index (κ3) is 7.22. The minimum atomic E-state index is -4.03. The summed E-state index contributed by atoms with van der Waals surface area (Å²) in [5.74, 6) is -0.530. The summed E-state index contributed by atoms with van der Waals surface area (Å²) in [4.78, 5) is 15.6. The topological polar surface area (TPSA) is 107 Å². The Labute approximate surface area is 243 Å². The van der Waals surface area contributed by atoms with Crippen molar-refractivity contribution in [1.29, 1.82) is 0 Å². The summed E-state index contributed by atoms with van der Waals surface area (Å²) in [5, 5.41) is 2.73. The van der Waals surface area contributed by atoms with Crippen LogP contribution in [0.2, 0.25) is 0 Å². The van der Waals surface area contributed by atoms with E-state index < -0.39 is 32.5 Å². The number of aryl methyl sites for hydroxylation is 4. The molecule has 1 amide bonds. The molecule has 1 fully saturated rings. The van der Waals surface area contributed by atoms with Gasteiger partial charge >= 0.3 is 0 Å². The molecule has 1 N–H and O–H groups in total. The van der Waals surface area contributed by atoms with E-state index >= 15 is 0 Å². The number of likely N-dealkylation sites (N-methyl/N-ethyl adjacent to an activating group) is 1. The number of nitrogens with zero attached hydrogens (tertiary/aromatic N) is 3. The Morgan fingerprint density at radius 3 is 1.93 bits per heavy atom. The van der Waals surface area contributed by atoms with Gasteiger partial charge in [0, 0.05) is 38.4 Å². The molecule has 0 atom stereocenters. The number of amides is 1. The zero-order valence-corrected chi connectivity index (χ0v) is 25.8. The van der Waals surface area contributed by atoms with E-state index in [1.807, 2.05) is 57.3 Å². The molecule has 3 aromatic carbocycles. The van der Waals surface area contributed by atoms with Gasteiger partial charge in [0.1, 0.15) is 0 Å². The summed E-state index contributed by atoms with van der Waals surface area (Å²) in [5.41, 5.74) is 4.38. The number of carbonyl (C=O) groups excluding carboxylic acids is 1. The molecule has 0 spiro atoms. The molecule has 1 heterocycles. The summed E-state index contributed by atoms with van der Waals surface area (Å²) in [6.45, 7) is 9.15. The van der Waals surface area contributed by atoms with Gasteiger partial charge in [0.05, 0.1) is 16.3 Å². The van der Waals surface area contributed by atoms with Gasteiger partial charge in [-0.2, -0.15) is 8.61 Å². The molecule has 0 aliphatic carbocycles. The Kier molecular flexibility index (Phi) is 9.35. The molecule has 0 unspecified atom stereocenters. The molecule has 220 valence electrons. The molecule has 9 nitrogen and oxygen atoms in total. The fourth-order valence-corrected chi connectivity index (χ4v) is 8.29. The van der Waals surface area contributed by atoms with Crippen molar-refractivity contribution in [3.05, 3.63) is 88.5 Å². The van der Waals surface area contributed by atoms with Crippen LogP contribution in [0.4, 0.5) is 5.69 Å². The first kappa shape index (κ1) is 30.9. The minimum Gasteiger partial charge on any atom is -0.325 e. The summed E-state index contributed by atoms with van der Waals surface area (Å²) in [6.07, 6.45) is 0. The van der Waals surface area contributed by atoms with Crippen LogP contribution in [0.1, 0.15) is 27.8 Å². The Hall–Kier alpha value is -3.09. The first-order valence-corrected chi connectivity index (χ1v) is 16.4. The first-order chi connectivity index (χ1) is 19.3. The van der Waals surface area contributed by atoms with Crippen LogP contribution >= 0.6 is 0 Å². The predicted molar refractivity (Wildman–Crippen MR) is 161 cm³/mol. The number of anilines is 1. The molecule has 11 heteroatoms. The summed E-state index contributed by atoms with van der Waals surface area (Å²) in [7, 11) is -5.72. The van der Waals surface area contributed by atoms with Crippen LogP contribution in [-0.4, -0.2) is 76.0 Å². The lowest BCUT2D eigenvalue weighted by molar-refractivity contribution is -0.116. The number of rotatable bonds is 9. The molecule has 1 aliphatic rings. The number of benzene rings is 3. The van der Waals surface area contributed by atoms with Gasteiger partial charge < -0.3 is 10.2 Å². The second kappa shape index (κ2) is 12.4. The van der Waals surface area contributed by atoms with Crippen molar-refractivity contribution < 1.29 is 21.6 Å². The quantitative estimate of drug-likeness (QED) is 0.403. The molecule has 0 saturated carbocycles. The average molecular weight is 599 g/mol. The van der Waals surface area contributed by atoms with Crippen LogP contribution in [0, 0.1) is 27.7 Å². The molecular formula is C30H38N4O5S2. The third-order valence-electron chi connectivity index (χ3n) is 7.24. The Balaban J connectivity index is 1.55. The second-order valence-electron chi connectivity index (χ2n) is 10.8. The highest BCUT2D eigenvalue weighted by Gasteiger charge is 2.31. The number of nitrogens with one attached hydrogen (secondary N) is 1. The lowest BCUT2D eigenvalue weighted by Crippen LogP contribution is -2.46. The van der Waals surface area contributed by atoms with Crippen molar-refractivity contribution in [3.8, 4) is 0 Å². The van der Waals surface area contributed by atoms with Crippen molar-refractivity contribution in [2.24, 2.45) is 0 Å². The number of carbonyl (C=O) groups is 1. The molecule has 3 aromatic rings. The van der Waals surface area contributed by atoms with Crippen LogP contribution in [0.25, 0.3) is 0 Å². The van der Waals surface area contributed by atoms with Gasteiger partial charge in [-0.05, 0) is 75.7 Å². The monoisotopic (exact) mass is 598 g/mol. The Morgan fingerprint density at radius 1 is 0.805 bits per heavy atom. The molecule has 1 saturated heterocycles. The van der Waals surface area contributed by atoms with E-state index in [0.29, 0.717) is 43.0 Å².